The van der Waals surface area contributed by atoms with Crippen molar-refractivity contribution >= 4 is 23.5 Å². The van der Waals surface area contributed by atoms with Gasteiger partial charge in [0.1, 0.15) is 17.1 Å². The monoisotopic (exact) mass is 339 g/mol. The molecule has 0 heterocycles. The Hall–Kier alpha value is -3.41. The first-order chi connectivity index (χ1) is 11.9. The van der Waals surface area contributed by atoms with Crippen LogP contribution in [0.5, 0.6) is 11.5 Å². The Morgan fingerprint density at radius 1 is 0.960 bits per heavy atom. The SMILES string of the molecule is C=C(C)C(=O)Nc1ccc(C(=O)Oc2ccccc2)c(OC(C)=O)c1. The minimum absolute atomic E-state index is 0.00653. The number of benzene rings is 2. The van der Waals surface area contributed by atoms with Crippen molar-refractivity contribution in [1.29, 1.82) is 0 Å². The highest BCUT2D eigenvalue weighted by molar-refractivity contribution is 6.03. The van der Waals surface area contributed by atoms with Gasteiger partial charge in [-0.2, -0.15) is 0 Å². The molecule has 0 aliphatic heterocycles. The molecular formula is C19H17NO5. The summed E-state index contributed by atoms with van der Waals surface area (Å²) in [6.07, 6.45) is 0. The number of esters is 2. The first kappa shape index (κ1) is 17.9. The van der Waals surface area contributed by atoms with Gasteiger partial charge >= 0.3 is 11.9 Å². The molecule has 2 aromatic carbocycles. The Morgan fingerprint density at radius 2 is 1.64 bits per heavy atom. The molecule has 0 bridgehead atoms. The van der Waals surface area contributed by atoms with E-state index in [4.69, 9.17) is 9.47 Å². The van der Waals surface area contributed by atoms with E-state index in [-0.39, 0.29) is 17.2 Å². The predicted molar refractivity (Wildman–Crippen MR) is 92.6 cm³/mol. The Bertz CT molecular complexity index is 827. The van der Waals surface area contributed by atoms with E-state index in [0.717, 1.165) is 0 Å². The predicted octanol–water partition coefficient (Wildman–Crippen LogP) is 3.35. The molecule has 0 spiro atoms. The van der Waals surface area contributed by atoms with Gasteiger partial charge in [0.2, 0.25) is 0 Å². The van der Waals surface area contributed by atoms with Crippen molar-refractivity contribution in [2.45, 2.75) is 13.8 Å². The zero-order valence-corrected chi connectivity index (χ0v) is 13.9. The lowest BCUT2D eigenvalue weighted by Crippen LogP contribution is -2.15. The molecule has 0 saturated heterocycles. The summed E-state index contributed by atoms with van der Waals surface area (Å²) in [5.41, 5.74) is 0.745. The van der Waals surface area contributed by atoms with E-state index in [9.17, 15) is 14.4 Å². The fourth-order valence-corrected chi connectivity index (χ4v) is 1.90. The second kappa shape index (κ2) is 7.92. The van der Waals surface area contributed by atoms with Gasteiger partial charge in [-0.15, -0.1) is 0 Å². The summed E-state index contributed by atoms with van der Waals surface area (Å²) < 4.78 is 10.3. The highest BCUT2D eigenvalue weighted by atomic mass is 16.5. The molecule has 0 atom stereocenters. The Balaban J connectivity index is 2.29. The first-order valence-corrected chi connectivity index (χ1v) is 7.43. The van der Waals surface area contributed by atoms with Crippen LogP contribution in [0.15, 0.2) is 60.7 Å². The second-order valence-corrected chi connectivity index (χ2v) is 5.24. The maximum absolute atomic E-state index is 12.3. The van der Waals surface area contributed by atoms with Crippen LogP contribution >= 0.6 is 0 Å². The summed E-state index contributed by atoms with van der Waals surface area (Å²) in [5, 5.41) is 2.59. The topological polar surface area (TPSA) is 81.7 Å². The molecule has 6 heteroatoms. The maximum Gasteiger partial charge on any atom is 0.347 e. The highest BCUT2D eigenvalue weighted by Gasteiger charge is 2.18. The van der Waals surface area contributed by atoms with Gasteiger partial charge in [-0.3, -0.25) is 9.59 Å². The molecule has 1 N–H and O–H groups in total. The van der Waals surface area contributed by atoms with Crippen molar-refractivity contribution in [2.75, 3.05) is 5.32 Å². The molecule has 25 heavy (non-hydrogen) atoms. The van der Waals surface area contributed by atoms with Crippen LogP contribution in [0.4, 0.5) is 5.69 Å². The third kappa shape index (κ3) is 5.04. The van der Waals surface area contributed by atoms with Crippen LogP contribution in [0.2, 0.25) is 0 Å². The van der Waals surface area contributed by atoms with Crippen LogP contribution in [0.1, 0.15) is 24.2 Å². The lowest BCUT2D eigenvalue weighted by molar-refractivity contribution is -0.131. The van der Waals surface area contributed by atoms with Crippen LogP contribution in [-0.4, -0.2) is 17.8 Å². The van der Waals surface area contributed by atoms with E-state index < -0.39 is 11.9 Å². The number of para-hydroxylation sites is 1. The summed E-state index contributed by atoms with van der Waals surface area (Å²) in [5.74, 6) is -1.31. The summed E-state index contributed by atoms with van der Waals surface area (Å²) >= 11 is 0. The second-order valence-electron chi connectivity index (χ2n) is 5.24. The van der Waals surface area contributed by atoms with Crippen molar-refractivity contribution in [3.8, 4) is 11.5 Å². The van der Waals surface area contributed by atoms with Gasteiger partial charge in [0, 0.05) is 24.3 Å². The van der Waals surface area contributed by atoms with Gasteiger partial charge in [0.25, 0.3) is 5.91 Å². The first-order valence-electron chi connectivity index (χ1n) is 7.43. The number of anilines is 1. The molecule has 0 aliphatic carbocycles. The van der Waals surface area contributed by atoms with Crippen LogP contribution in [-0.2, 0) is 9.59 Å². The molecular weight excluding hydrogens is 322 g/mol. The number of hydrogen-bond donors (Lipinski definition) is 1. The molecule has 0 saturated carbocycles. The lowest BCUT2D eigenvalue weighted by atomic mass is 10.1. The molecule has 0 radical (unpaired) electrons. The number of rotatable bonds is 5. The zero-order valence-electron chi connectivity index (χ0n) is 13.9. The van der Waals surface area contributed by atoms with Crippen molar-refractivity contribution in [3.63, 3.8) is 0 Å². The minimum Gasteiger partial charge on any atom is -0.426 e. The fraction of sp³-hybridized carbons (Fsp3) is 0.105. The van der Waals surface area contributed by atoms with Crippen molar-refractivity contribution in [2.24, 2.45) is 0 Å². The number of ether oxygens (including phenoxy) is 2. The van der Waals surface area contributed by atoms with Gasteiger partial charge in [0.15, 0.2) is 0 Å². The average molecular weight is 339 g/mol. The zero-order chi connectivity index (χ0) is 18.4. The van der Waals surface area contributed by atoms with E-state index in [1.165, 1.54) is 25.1 Å². The number of nitrogens with one attached hydrogen (secondary N) is 1. The molecule has 128 valence electrons. The van der Waals surface area contributed by atoms with E-state index in [1.54, 1.807) is 37.3 Å². The van der Waals surface area contributed by atoms with E-state index in [2.05, 4.69) is 11.9 Å². The molecule has 0 fully saturated rings. The molecule has 2 aromatic rings. The molecule has 1 amide bonds. The molecule has 0 aromatic heterocycles. The third-order valence-electron chi connectivity index (χ3n) is 3.05. The van der Waals surface area contributed by atoms with E-state index in [1.807, 2.05) is 0 Å². The summed E-state index contributed by atoms with van der Waals surface area (Å²) in [6.45, 7) is 6.32. The third-order valence-corrected chi connectivity index (χ3v) is 3.05. The van der Waals surface area contributed by atoms with Gasteiger partial charge in [-0.25, -0.2) is 4.79 Å². The molecule has 0 unspecified atom stereocenters. The summed E-state index contributed by atoms with van der Waals surface area (Å²) in [6, 6.07) is 12.8. The quantitative estimate of drug-likeness (QED) is 0.513. The molecule has 2 rings (SSSR count). The lowest BCUT2D eigenvalue weighted by Gasteiger charge is -2.12. The number of carbonyl (C=O) groups is 3. The number of hydrogen-bond acceptors (Lipinski definition) is 5. The number of amides is 1. The van der Waals surface area contributed by atoms with Crippen molar-refractivity contribution < 1.29 is 23.9 Å². The van der Waals surface area contributed by atoms with Crippen LogP contribution in [0.25, 0.3) is 0 Å². The maximum atomic E-state index is 12.3. The Morgan fingerprint density at radius 3 is 2.24 bits per heavy atom. The van der Waals surface area contributed by atoms with Crippen LogP contribution in [0, 0.1) is 0 Å². The fourth-order valence-electron chi connectivity index (χ4n) is 1.90. The van der Waals surface area contributed by atoms with Crippen LogP contribution < -0.4 is 14.8 Å². The largest absolute Gasteiger partial charge is 0.426 e. The number of carbonyl (C=O) groups excluding carboxylic acids is 3. The average Bonchev–Trinajstić information content (AvgIpc) is 2.55. The van der Waals surface area contributed by atoms with E-state index >= 15 is 0 Å². The summed E-state index contributed by atoms with van der Waals surface area (Å²) in [4.78, 5) is 35.4. The van der Waals surface area contributed by atoms with Crippen molar-refractivity contribution in [3.05, 3.63) is 66.2 Å². The molecule has 0 aliphatic rings. The van der Waals surface area contributed by atoms with Gasteiger partial charge in [-0.1, -0.05) is 24.8 Å². The molecule has 6 nitrogen and oxygen atoms in total. The Labute approximate surface area is 145 Å². The normalized spacial score (nSPS) is 9.84. The van der Waals surface area contributed by atoms with Gasteiger partial charge < -0.3 is 14.8 Å². The Kier molecular flexibility index (Phi) is 5.68. The van der Waals surface area contributed by atoms with Crippen molar-refractivity contribution in [1.82, 2.24) is 0 Å². The van der Waals surface area contributed by atoms with Gasteiger partial charge in [-0.05, 0) is 31.2 Å². The minimum atomic E-state index is -0.680. The highest BCUT2D eigenvalue weighted by Crippen LogP contribution is 2.25. The van der Waals surface area contributed by atoms with E-state index in [0.29, 0.717) is 17.0 Å². The van der Waals surface area contributed by atoms with Crippen LogP contribution in [0.3, 0.4) is 0 Å². The smallest absolute Gasteiger partial charge is 0.347 e. The van der Waals surface area contributed by atoms with Gasteiger partial charge in [0.05, 0.1) is 0 Å². The standard InChI is InChI=1S/C19H17NO5/c1-12(2)18(22)20-14-9-10-16(17(11-14)24-13(3)21)19(23)25-15-7-5-4-6-8-15/h4-11H,1H2,2-3H3,(H,20,22). The summed E-state index contributed by atoms with van der Waals surface area (Å²) in [7, 11) is 0.